The molecule has 0 amide bonds. The van der Waals surface area contributed by atoms with Gasteiger partial charge in [-0.1, -0.05) is 55.1 Å². The Morgan fingerprint density at radius 3 is 2.60 bits per heavy atom. The maximum absolute atomic E-state index is 9.99. The van der Waals surface area contributed by atoms with E-state index in [1.807, 2.05) is 12.1 Å². The molecule has 1 heterocycles. The zero-order chi connectivity index (χ0) is 20.9. The number of rotatable bonds is 5. The summed E-state index contributed by atoms with van der Waals surface area (Å²) in [5, 5.41) is 13.4. The Morgan fingerprint density at radius 1 is 1.10 bits per heavy atom. The predicted molar refractivity (Wildman–Crippen MR) is 125 cm³/mol. The van der Waals surface area contributed by atoms with Crippen molar-refractivity contribution in [2.45, 2.75) is 31.6 Å². The van der Waals surface area contributed by atoms with Crippen molar-refractivity contribution in [1.82, 2.24) is 10.2 Å². The van der Waals surface area contributed by atoms with Gasteiger partial charge in [-0.3, -0.25) is 0 Å². The minimum atomic E-state index is 0.217. The van der Waals surface area contributed by atoms with Crippen LogP contribution < -0.4 is 5.32 Å². The Bertz CT molecular complexity index is 939. The lowest BCUT2D eigenvalue weighted by molar-refractivity contribution is 0.307. The van der Waals surface area contributed by atoms with Gasteiger partial charge in [-0.25, -0.2) is 0 Å². The third kappa shape index (κ3) is 4.36. The predicted octanol–water partition coefficient (Wildman–Crippen LogP) is 5.13. The molecule has 3 nitrogen and oxygen atoms in total. The highest BCUT2D eigenvalue weighted by molar-refractivity contribution is 5.48. The van der Waals surface area contributed by atoms with Gasteiger partial charge in [0.25, 0.3) is 0 Å². The molecule has 0 bridgehead atoms. The van der Waals surface area contributed by atoms with E-state index in [1.165, 1.54) is 22.4 Å². The van der Waals surface area contributed by atoms with Crippen molar-refractivity contribution in [2.75, 3.05) is 26.2 Å². The monoisotopic (exact) mass is 400 g/mol. The number of piperazine rings is 1. The quantitative estimate of drug-likeness (QED) is 0.683. The molecule has 0 unspecified atom stereocenters. The van der Waals surface area contributed by atoms with Gasteiger partial charge in [-0.15, -0.1) is 0 Å². The van der Waals surface area contributed by atoms with E-state index >= 15 is 0 Å². The van der Waals surface area contributed by atoms with Crippen molar-refractivity contribution in [2.24, 2.45) is 0 Å². The Kier molecular flexibility index (Phi) is 6.39. The standard InChI is InChI=1S/C27H32N2O/c1-3-23(29-17-15-28-16-18-29)11-9-20(2)27-25(21-7-5-4-6-8-21)13-10-22-19-24(30)12-14-26(22)27/h3-9,11-12,14,19,25,27-28,30H,2,10,13,15-18H2,1H3/b11-9-,23-3+/t25-,27+/m1/s1. The van der Waals surface area contributed by atoms with E-state index in [4.69, 9.17) is 0 Å². The number of aromatic hydroxyl groups is 1. The van der Waals surface area contributed by atoms with E-state index < -0.39 is 0 Å². The number of phenolic OH excluding ortho intramolecular Hbond substituents is 1. The van der Waals surface area contributed by atoms with Crippen LogP contribution in [0, 0.1) is 0 Å². The topological polar surface area (TPSA) is 35.5 Å². The molecule has 1 fully saturated rings. The van der Waals surface area contributed by atoms with E-state index in [0.29, 0.717) is 11.7 Å². The van der Waals surface area contributed by atoms with Crippen LogP contribution in [0.2, 0.25) is 0 Å². The number of benzene rings is 2. The molecular formula is C27H32N2O. The fourth-order valence-electron chi connectivity index (χ4n) is 4.93. The molecule has 0 spiro atoms. The zero-order valence-electron chi connectivity index (χ0n) is 17.8. The summed E-state index contributed by atoms with van der Waals surface area (Å²) in [7, 11) is 0. The summed E-state index contributed by atoms with van der Waals surface area (Å²) in [6.07, 6.45) is 8.67. The van der Waals surface area contributed by atoms with Gasteiger partial charge in [0.15, 0.2) is 0 Å². The molecule has 30 heavy (non-hydrogen) atoms. The fraction of sp³-hybridized carbons (Fsp3) is 0.333. The minimum absolute atomic E-state index is 0.217. The van der Waals surface area contributed by atoms with Crippen LogP contribution in [0.4, 0.5) is 0 Å². The summed E-state index contributed by atoms with van der Waals surface area (Å²) in [6.45, 7) is 10.8. The Hall–Kier alpha value is -2.78. The van der Waals surface area contributed by atoms with Crippen LogP contribution >= 0.6 is 0 Å². The Morgan fingerprint density at radius 2 is 1.87 bits per heavy atom. The normalized spacial score (nSPS) is 22.2. The SMILES string of the molecule is C=C(/C=C\C(=C/C)N1CCNCC1)[C@@H]1c2ccc(O)cc2CC[C@@H]1c1ccccc1. The smallest absolute Gasteiger partial charge is 0.115 e. The van der Waals surface area contributed by atoms with E-state index in [2.05, 4.69) is 78.3 Å². The largest absolute Gasteiger partial charge is 0.508 e. The van der Waals surface area contributed by atoms with Gasteiger partial charge in [0, 0.05) is 37.8 Å². The van der Waals surface area contributed by atoms with Crippen LogP contribution in [0.15, 0.2) is 84.6 Å². The zero-order valence-corrected chi connectivity index (χ0v) is 17.8. The van der Waals surface area contributed by atoms with Crippen LogP contribution in [0.5, 0.6) is 5.75 Å². The molecule has 1 saturated heterocycles. The van der Waals surface area contributed by atoms with Crippen LogP contribution in [0.25, 0.3) is 0 Å². The molecule has 0 radical (unpaired) electrons. The van der Waals surface area contributed by atoms with Gasteiger partial charge < -0.3 is 15.3 Å². The highest BCUT2D eigenvalue weighted by Gasteiger charge is 2.32. The lowest BCUT2D eigenvalue weighted by Gasteiger charge is -2.35. The van der Waals surface area contributed by atoms with Crippen molar-refractivity contribution < 1.29 is 5.11 Å². The van der Waals surface area contributed by atoms with E-state index in [-0.39, 0.29) is 5.92 Å². The molecule has 0 aromatic heterocycles. The highest BCUT2D eigenvalue weighted by atomic mass is 16.3. The van der Waals surface area contributed by atoms with Gasteiger partial charge in [0.1, 0.15) is 5.75 Å². The molecule has 2 aromatic carbocycles. The van der Waals surface area contributed by atoms with Crippen molar-refractivity contribution in [3.8, 4) is 5.75 Å². The fourth-order valence-corrected chi connectivity index (χ4v) is 4.93. The molecule has 0 saturated carbocycles. The summed E-state index contributed by atoms with van der Waals surface area (Å²) in [4.78, 5) is 2.43. The number of aryl methyl sites for hydroxylation is 1. The summed E-state index contributed by atoms with van der Waals surface area (Å²) >= 11 is 0. The lowest BCUT2D eigenvalue weighted by atomic mass is 9.69. The molecule has 2 aliphatic rings. The maximum Gasteiger partial charge on any atom is 0.115 e. The van der Waals surface area contributed by atoms with Gasteiger partial charge in [-0.05, 0) is 66.2 Å². The van der Waals surface area contributed by atoms with Gasteiger partial charge in [0.2, 0.25) is 0 Å². The van der Waals surface area contributed by atoms with E-state index in [1.54, 1.807) is 0 Å². The van der Waals surface area contributed by atoms with Crippen molar-refractivity contribution in [1.29, 1.82) is 0 Å². The highest BCUT2D eigenvalue weighted by Crippen LogP contribution is 2.47. The molecule has 2 atom stereocenters. The molecule has 1 aliphatic carbocycles. The third-order valence-corrected chi connectivity index (χ3v) is 6.46. The number of hydrogen-bond acceptors (Lipinski definition) is 3. The maximum atomic E-state index is 9.99. The summed E-state index contributed by atoms with van der Waals surface area (Å²) < 4.78 is 0. The van der Waals surface area contributed by atoms with Crippen molar-refractivity contribution in [3.05, 3.63) is 101 Å². The Balaban J connectivity index is 1.64. The van der Waals surface area contributed by atoms with Crippen LogP contribution in [-0.4, -0.2) is 36.2 Å². The molecule has 4 rings (SSSR count). The first-order valence-electron chi connectivity index (χ1n) is 11.0. The first-order valence-corrected chi connectivity index (χ1v) is 11.0. The second-order valence-corrected chi connectivity index (χ2v) is 8.28. The number of nitrogens with one attached hydrogen (secondary N) is 1. The molecule has 156 valence electrons. The number of allylic oxidation sites excluding steroid dienone is 4. The second-order valence-electron chi connectivity index (χ2n) is 8.28. The van der Waals surface area contributed by atoms with E-state index in [0.717, 1.165) is 44.6 Å². The van der Waals surface area contributed by atoms with Crippen LogP contribution in [0.1, 0.15) is 41.9 Å². The second kappa shape index (κ2) is 9.36. The van der Waals surface area contributed by atoms with Gasteiger partial charge in [0.05, 0.1) is 0 Å². The van der Waals surface area contributed by atoms with Crippen molar-refractivity contribution >= 4 is 0 Å². The first kappa shape index (κ1) is 20.5. The van der Waals surface area contributed by atoms with Gasteiger partial charge in [-0.2, -0.15) is 0 Å². The molecule has 3 heteroatoms. The summed E-state index contributed by atoms with van der Waals surface area (Å²) in [5.74, 6) is 0.962. The number of phenols is 1. The average molecular weight is 401 g/mol. The lowest BCUT2D eigenvalue weighted by Crippen LogP contribution is -2.42. The number of fused-ring (bicyclic) bond motifs is 1. The number of nitrogens with zero attached hydrogens (tertiary/aromatic N) is 1. The molecule has 1 aliphatic heterocycles. The Labute approximate surface area is 180 Å². The van der Waals surface area contributed by atoms with Gasteiger partial charge >= 0.3 is 0 Å². The molecular weight excluding hydrogens is 368 g/mol. The first-order chi connectivity index (χ1) is 14.7. The van der Waals surface area contributed by atoms with Crippen molar-refractivity contribution in [3.63, 3.8) is 0 Å². The molecule has 2 aromatic rings. The third-order valence-electron chi connectivity index (χ3n) is 6.46. The summed E-state index contributed by atoms with van der Waals surface area (Å²) in [6, 6.07) is 16.6. The van der Waals surface area contributed by atoms with Crippen LogP contribution in [-0.2, 0) is 6.42 Å². The van der Waals surface area contributed by atoms with Crippen LogP contribution in [0.3, 0.4) is 0 Å². The summed E-state index contributed by atoms with van der Waals surface area (Å²) in [5.41, 5.74) is 6.30. The minimum Gasteiger partial charge on any atom is -0.508 e. The molecule has 2 N–H and O–H groups in total. The van der Waals surface area contributed by atoms with E-state index in [9.17, 15) is 5.11 Å². The number of hydrogen-bond donors (Lipinski definition) is 2. The average Bonchev–Trinajstić information content (AvgIpc) is 2.79.